The molecule has 0 saturated carbocycles. The zero-order valence-electron chi connectivity index (χ0n) is 19.2. The van der Waals surface area contributed by atoms with Gasteiger partial charge in [0.1, 0.15) is 5.75 Å². The van der Waals surface area contributed by atoms with Crippen LogP contribution in [0.15, 0.2) is 65.2 Å². The maximum Gasteiger partial charge on any atom is 0.328 e. The van der Waals surface area contributed by atoms with Gasteiger partial charge in [-0.2, -0.15) is 0 Å². The molecule has 0 atom stereocenters. The van der Waals surface area contributed by atoms with Gasteiger partial charge in [0, 0.05) is 24.1 Å². The average molecular weight is 467 g/mol. The number of carbonyl (C=O) groups is 2. The lowest BCUT2D eigenvalue weighted by Gasteiger charge is -2.31. The van der Waals surface area contributed by atoms with Crippen LogP contribution < -0.4 is 4.74 Å². The number of fused-ring (bicyclic) bond motifs is 1. The van der Waals surface area contributed by atoms with Crippen LogP contribution >= 0.6 is 0 Å². The summed E-state index contributed by atoms with van der Waals surface area (Å²) in [6.45, 7) is 3.45. The van der Waals surface area contributed by atoms with Crippen LogP contribution in [0.1, 0.15) is 30.5 Å². The standard InChI is InChI=1S/C22H26N2O2.C4H4O4/c1-25-19-8-10-22-20(15-19)21(23-26-22)9-7-17-11-13-24(14-12-17)16-18-5-3-2-4-6-18;5-3(6)1-2-4(7)8/h2-6,8,10,15,17H,7,9,11-14,16H2,1H3;1-2H,(H,5,6)(H,7,8). The number of methoxy groups -OCH3 is 1. The van der Waals surface area contributed by atoms with Crippen molar-refractivity contribution in [2.45, 2.75) is 32.2 Å². The minimum atomic E-state index is -1.26. The number of likely N-dealkylation sites (tertiary alicyclic amines) is 1. The third-order valence-corrected chi connectivity index (χ3v) is 5.87. The second kappa shape index (κ2) is 12.6. The van der Waals surface area contributed by atoms with Gasteiger partial charge in [0.15, 0.2) is 5.58 Å². The number of aromatic nitrogens is 1. The van der Waals surface area contributed by atoms with Crippen molar-refractivity contribution in [1.29, 1.82) is 0 Å². The smallest absolute Gasteiger partial charge is 0.328 e. The van der Waals surface area contributed by atoms with Crippen LogP contribution in [0.25, 0.3) is 11.0 Å². The molecule has 34 heavy (non-hydrogen) atoms. The largest absolute Gasteiger partial charge is 0.497 e. The number of ether oxygens (including phenoxy) is 1. The van der Waals surface area contributed by atoms with E-state index in [0.29, 0.717) is 12.2 Å². The number of nitrogens with zero attached hydrogens (tertiary/aromatic N) is 2. The van der Waals surface area contributed by atoms with Gasteiger partial charge >= 0.3 is 11.9 Å². The van der Waals surface area contributed by atoms with Gasteiger partial charge < -0.3 is 19.5 Å². The maximum absolute atomic E-state index is 9.55. The molecule has 8 nitrogen and oxygen atoms in total. The summed E-state index contributed by atoms with van der Waals surface area (Å²) in [6, 6.07) is 16.7. The zero-order valence-corrected chi connectivity index (χ0v) is 19.2. The fourth-order valence-corrected chi connectivity index (χ4v) is 4.03. The summed E-state index contributed by atoms with van der Waals surface area (Å²) < 4.78 is 10.8. The van der Waals surface area contributed by atoms with Crippen LogP contribution in [0.2, 0.25) is 0 Å². The van der Waals surface area contributed by atoms with Crippen LogP contribution in [0.4, 0.5) is 0 Å². The van der Waals surface area contributed by atoms with Gasteiger partial charge in [0.05, 0.1) is 12.8 Å². The predicted octanol–water partition coefficient (Wildman–Crippen LogP) is 4.39. The Hall–Kier alpha value is -3.65. The molecule has 2 aromatic carbocycles. The maximum atomic E-state index is 9.55. The van der Waals surface area contributed by atoms with Crippen molar-refractivity contribution in [3.8, 4) is 5.75 Å². The number of hydrogen-bond acceptors (Lipinski definition) is 6. The van der Waals surface area contributed by atoms with E-state index in [9.17, 15) is 9.59 Å². The van der Waals surface area contributed by atoms with Crippen LogP contribution in [0.5, 0.6) is 5.75 Å². The van der Waals surface area contributed by atoms with E-state index in [0.717, 1.165) is 41.3 Å². The zero-order chi connectivity index (χ0) is 24.3. The topological polar surface area (TPSA) is 113 Å². The second-order valence-corrected chi connectivity index (χ2v) is 8.24. The molecule has 1 aliphatic rings. The lowest BCUT2D eigenvalue weighted by atomic mass is 9.91. The van der Waals surface area contributed by atoms with Crippen molar-refractivity contribution in [3.05, 3.63) is 71.9 Å². The van der Waals surface area contributed by atoms with Gasteiger partial charge in [-0.25, -0.2) is 9.59 Å². The molecule has 180 valence electrons. The highest BCUT2D eigenvalue weighted by molar-refractivity contribution is 5.89. The molecule has 0 aliphatic carbocycles. The van der Waals surface area contributed by atoms with E-state index in [-0.39, 0.29) is 0 Å². The number of aliphatic carboxylic acids is 2. The number of piperidine rings is 1. The number of hydrogen-bond donors (Lipinski definition) is 2. The molecular weight excluding hydrogens is 436 g/mol. The minimum Gasteiger partial charge on any atom is -0.497 e. The second-order valence-electron chi connectivity index (χ2n) is 8.24. The molecule has 1 saturated heterocycles. The predicted molar refractivity (Wildman–Crippen MR) is 128 cm³/mol. The molecule has 8 heteroatoms. The molecule has 2 heterocycles. The van der Waals surface area contributed by atoms with Crippen LogP contribution in [0, 0.1) is 5.92 Å². The van der Waals surface area contributed by atoms with Crippen LogP contribution in [-0.2, 0) is 22.6 Å². The lowest BCUT2D eigenvalue weighted by molar-refractivity contribution is -0.134. The number of carboxylic acids is 2. The summed E-state index contributed by atoms with van der Waals surface area (Å²) >= 11 is 0. The quantitative estimate of drug-likeness (QED) is 0.470. The van der Waals surface area contributed by atoms with Gasteiger partial charge in [-0.1, -0.05) is 35.5 Å². The van der Waals surface area contributed by atoms with E-state index in [4.69, 9.17) is 19.5 Å². The molecule has 0 amide bonds. The summed E-state index contributed by atoms with van der Waals surface area (Å²) in [5.74, 6) is -0.879. The Morgan fingerprint density at radius 3 is 2.38 bits per heavy atom. The van der Waals surface area contributed by atoms with Crippen molar-refractivity contribution < 1.29 is 29.1 Å². The highest BCUT2D eigenvalue weighted by Crippen LogP contribution is 2.28. The van der Waals surface area contributed by atoms with Gasteiger partial charge in [0.2, 0.25) is 0 Å². The molecule has 2 N–H and O–H groups in total. The first kappa shape index (κ1) is 25.0. The fourth-order valence-electron chi connectivity index (χ4n) is 4.03. The first-order valence-corrected chi connectivity index (χ1v) is 11.3. The molecular formula is C26H30N2O6. The number of carboxylic acid groups (broad SMARTS) is 2. The third kappa shape index (κ3) is 7.74. The summed E-state index contributed by atoms with van der Waals surface area (Å²) in [5.41, 5.74) is 3.32. The van der Waals surface area contributed by atoms with E-state index < -0.39 is 11.9 Å². The molecule has 1 aliphatic heterocycles. The van der Waals surface area contributed by atoms with Gasteiger partial charge in [-0.05, 0) is 68.5 Å². The highest BCUT2D eigenvalue weighted by atomic mass is 16.5. The van der Waals surface area contributed by atoms with Crippen LogP contribution in [0.3, 0.4) is 0 Å². The summed E-state index contributed by atoms with van der Waals surface area (Å²) in [6.07, 6.45) is 5.81. The monoisotopic (exact) mass is 466 g/mol. The van der Waals surface area contributed by atoms with Gasteiger partial charge in [-0.15, -0.1) is 0 Å². The van der Waals surface area contributed by atoms with Gasteiger partial charge in [0.25, 0.3) is 0 Å². The van der Waals surface area contributed by atoms with E-state index in [2.05, 4.69) is 40.4 Å². The normalized spacial score (nSPS) is 14.6. The van der Waals surface area contributed by atoms with Crippen molar-refractivity contribution in [1.82, 2.24) is 10.1 Å². The number of benzene rings is 2. The van der Waals surface area contributed by atoms with Crippen molar-refractivity contribution >= 4 is 22.9 Å². The Morgan fingerprint density at radius 2 is 1.76 bits per heavy atom. The Labute approximate surface area is 198 Å². The first-order chi connectivity index (χ1) is 16.4. The van der Waals surface area contributed by atoms with E-state index in [1.807, 2.05) is 18.2 Å². The Kier molecular flexibility index (Phi) is 9.22. The van der Waals surface area contributed by atoms with Crippen molar-refractivity contribution in [2.75, 3.05) is 20.2 Å². The fraction of sp³-hybridized carbons (Fsp3) is 0.346. The Morgan fingerprint density at radius 1 is 1.09 bits per heavy atom. The summed E-state index contributed by atoms with van der Waals surface area (Å²) in [4.78, 5) is 21.7. The summed E-state index contributed by atoms with van der Waals surface area (Å²) in [5, 5.41) is 21.0. The minimum absolute atomic E-state index is 0.558. The average Bonchev–Trinajstić information content (AvgIpc) is 3.25. The van der Waals surface area contributed by atoms with E-state index >= 15 is 0 Å². The summed E-state index contributed by atoms with van der Waals surface area (Å²) in [7, 11) is 1.69. The van der Waals surface area contributed by atoms with E-state index in [1.165, 1.54) is 37.9 Å². The number of aryl methyl sites for hydroxylation is 1. The Bertz CT molecular complexity index is 1080. The molecule has 1 fully saturated rings. The molecule has 0 spiro atoms. The molecule has 0 radical (unpaired) electrons. The van der Waals surface area contributed by atoms with E-state index in [1.54, 1.807) is 7.11 Å². The molecule has 0 bridgehead atoms. The third-order valence-electron chi connectivity index (χ3n) is 5.87. The molecule has 4 rings (SSSR count). The molecule has 3 aromatic rings. The lowest BCUT2D eigenvalue weighted by Crippen LogP contribution is -2.33. The first-order valence-electron chi connectivity index (χ1n) is 11.3. The molecule has 0 unspecified atom stereocenters. The highest BCUT2D eigenvalue weighted by Gasteiger charge is 2.20. The van der Waals surface area contributed by atoms with Gasteiger partial charge in [-0.3, -0.25) is 4.90 Å². The molecule has 1 aromatic heterocycles. The van der Waals surface area contributed by atoms with Crippen molar-refractivity contribution in [2.24, 2.45) is 5.92 Å². The Balaban J connectivity index is 0.000000350. The van der Waals surface area contributed by atoms with Crippen LogP contribution in [-0.4, -0.2) is 52.4 Å². The number of rotatable bonds is 8. The SMILES string of the molecule is COc1ccc2onc(CCC3CCN(Cc4ccccc4)CC3)c2c1.O=C(O)C=CC(=O)O. The van der Waals surface area contributed by atoms with Crippen molar-refractivity contribution in [3.63, 3.8) is 0 Å².